The number of rotatable bonds is 3. The van der Waals surface area contributed by atoms with Crippen LogP contribution in [-0.4, -0.2) is 11.1 Å². The van der Waals surface area contributed by atoms with Crippen LogP contribution < -0.4 is 26.2 Å². The molecule has 59 heavy (non-hydrogen) atoms. The third kappa shape index (κ3) is 4.54. The predicted octanol–water partition coefficient (Wildman–Crippen LogP) is 13.1. The van der Waals surface area contributed by atoms with Crippen LogP contribution in [0.3, 0.4) is 0 Å². The summed E-state index contributed by atoms with van der Waals surface area (Å²) in [6.45, 7) is 7.02. The first-order chi connectivity index (χ1) is 28.9. The molecule has 0 atom stereocenters. The van der Waals surface area contributed by atoms with Crippen molar-refractivity contribution in [3.05, 3.63) is 181 Å². The second kappa shape index (κ2) is 11.9. The van der Waals surface area contributed by atoms with Crippen LogP contribution in [0.25, 0.3) is 59.3 Å². The quantitative estimate of drug-likeness (QED) is 0.166. The van der Waals surface area contributed by atoms with E-state index in [0.717, 1.165) is 5.69 Å². The summed E-state index contributed by atoms with van der Waals surface area (Å²) in [4.78, 5) is 5.08. The van der Waals surface area contributed by atoms with Gasteiger partial charge in [0.1, 0.15) is 0 Å². The first-order valence-electron chi connectivity index (χ1n) is 20.6. The lowest BCUT2D eigenvalue weighted by atomic mass is 9.33. The van der Waals surface area contributed by atoms with Crippen molar-refractivity contribution in [1.82, 2.24) is 4.40 Å². The van der Waals surface area contributed by atoms with Crippen molar-refractivity contribution in [3.63, 3.8) is 0 Å². The minimum atomic E-state index is 0.0184. The average Bonchev–Trinajstić information content (AvgIpc) is 3.93. The van der Waals surface area contributed by atoms with Gasteiger partial charge in [-0.1, -0.05) is 142 Å². The smallest absolute Gasteiger partial charge is 0.254 e. The number of thiophene rings is 1. The molecule has 8 aromatic carbocycles. The van der Waals surface area contributed by atoms with Crippen LogP contribution in [0.15, 0.2) is 176 Å². The van der Waals surface area contributed by atoms with Gasteiger partial charge in [-0.05, 0) is 98.5 Å². The van der Waals surface area contributed by atoms with Gasteiger partial charge in [0.05, 0.1) is 21.6 Å². The number of aromatic nitrogens is 1. The summed E-state index contributed by atoms with van der Waals surface area (Å²) in [6.07, 6.45) is 0. The lowest BCUT2D eigenvalue weighted by Crippen LogP contribution is -2.61. The third-order valence-electron chi connectivity index (χ3n) is 13.0. The van der Waals surface area contributed by atoms with Gasteiger partial charge in [0.2, 0.25) is 0 Å². The van der Waals surface area contributed by atoms with E-state index in [1.165, 1.54) is 109 Å². The Bertz CT molecular complexity index is 3490. The van der Waals surface area contributed by atoms with E-state index in [4.69, 9.17) is 0 Å². The molecule has 13 rings (SSSR count). The van der Waals surface area contributed by atoms with Gasteiger partial charge in [0.25, 0.3) is 6.71 Å². The number of hydrogen-bond acceptors (Lipinski definition) is 3. The van der Waals surface area contributed by atoms with Crippen LogP contribution in [0.4, 0.5) is 33.4 Å². The molecule has 3 aromatic heterocycles. The number of hydrogen-bond donors (Lipinski definition) is 0. The summed E-state index contributed by atoms with van der Waals surface area (Å²) in [5.41, 5.74) is 17.8. The molecular formula is C54H38BN3S. The van der Waals surface area contributed by atoms with Crippen LogP contribution >= 0.6 is 11.3 Å². The van der Waals surface area contributed by atoms with E-state index in [1.54, 1.807) is 0 Å². The molecule has 278 valence electrons. The highest BCUT2D eigenvalue weighted by molar-refractivity contribution is 7.26. The standard InChI is InChI=1S/C54H38BN3S/c1-54(2,3)35-26-28-49-42(30-35)50-53(59-49)57(37-19-11-6-12-20-37)45-24-14-23-44-51(45)55(50)43-31-41-40-22-13-21-39-38-27-25-34(33-15-7-4-8-16-33)29-46(38)58(52(39)40)47(41)32-48(43)56(44)36-17-9-5-10-18-36/h4-32H,1-3H3. The molecule has 0 radical (unpaired) electrons. The zero-order valence-corrected chi connectivity index (χ0v) is 33.9. The number of fused-ring (bicyclic) bond motifs is 12. The van der Waals surface area contributed by atoms with E-state index in [0.29, 0.717) is 0 Å². The van der Waals surface area contributed by atoms with Crippen molar-refractivity contribution in [2.75, 3.05) is 9.80 Å². The molecule has 0 amide bonds. The van der Waals surface area contributed by atoms with Gasteiger partial charge in [0.15, 0.2) is 0 Å². The Kier molecular flexibility index (Phi) is 6.68. The van der Waals surface area contributed by atoms with Crippen molar-refractivity contribution in [2.24, 2.45) is 0 Å². The van der Waals surface area contributed by atoms with E-state index >= 15 is 0 Å². The molecular weight excluding hydrogens is 733 g/mol. The van der Waals surface area contributed by atoms with E-state index < -0.39 is 0 Å². The van der Waals surface area contributed by atoms with Crippen LogP contribution in [0, 0.1) is 0 Å². The molecule has 0 fully saturated rings. The maximum absolute atomic E-state index is 2.57. The molecule has 5 heterocycles. The minimum absolute atomic E-state index is 0.0184. The van der Waals surface area contributed by atoms with Crippen molar-refractivity contribution in [3.8, 4) is 11.1 Å². The van der Waals surface area contributed by atoms with Gasteiger partial charge in [-0.2, -0.15) is 0 Å². The first kappa shape index (κ1) is 33.2. The summed E-state index contributed by atoms with van der Waals surface area (Å²) in [7, 11) is 0. The van der Waals surface area contributed by atoms with E-state index in [1.807, 2.05) is 11.3 Å². The number of para-hydroxylation sites is 3. The monoisotopic (exact) mass is 771 g/mol. The largest absolute Gasteiger partial charge is 0.311 e. The summed E-state index contributed by atoms with van der Waals surface area (Å²) >= 11 is 1.93. The van der Waals surface area contributed by atoms with Crippen LogP contribution in [0.2, 0.25) is 0 Å². The first-order valence-corrected chi connectivity index (χ1v) is 21.5. The highest BCUT2D eigenvalue weighted by Gasteiger charge is 2.45. The molecule has 0 unspecified atom stereocenters. The summed E-state index contributed by atoms with van der Waals surface area (Å²) in [6, 6.07) is 65.9. The van der Waals surface area contributed by atoms with Gasteiger partial charge < -0.3 is 14.2 Å². The zero-order chi connectivity index (χ0) is 39.1. The fourth-order valence-corrected chi connectivity index (χ4v) is 11.6. The van der Waals surface area contributed by atoms with Gasteiger partial charge in [0, 0.05) is 54.7 Å². The van der Waals surface area contributed by atoms with Crippen molar-refractivity contribution >= 4 is 116 Å². The Morgan fingerprint density at radius 2 is 1.10 bits per heavy atom. The predicted molar refractivity (Wildman–Crippen MR) is 255 cm³/mol. The SMILES string of the molecule is CC(C)(C)c1ccc2sc3c(c2c1)B1c2cc4c5cccc6c7ccc(-c8ccccc8)cc7n(c4cc2N(c2ccccc2)c2cccc(c21)N3c1ccccc1)c65. The van der Waals surface area contributed by atoms with Crippen LogP contribution in [0.1, 0.15) is 26.3 Å². The molecule has 0 saturated carbocycles. The fourth-order valence-electron chi connectivity index (χ4n) is 10.4. The van der Waals surface area contributed by atoms with Crippen molar-refractivity contribution in [1.29, 1.82) is 0 Å². The molecule has 0 N–H and O–H groups in total. The molecule has 0 spiro atoms. The maximum atomic E-state index is 2.57. The Hall–Kier alpha value is -6.82. The average molecular weight is 772 g/mol. The lowest BCUT2D eigenvalue weighted by Gasteiger charge is -2.43. The zero-order valence-electron chi connectivity index (χ0n) is 33.1. The highest BCUT2D eigenvalue weighted by atomic mass is 32.1. The van der Waals surface area contributed by atoms with E-state index in [-0.39, 0.29) is 12.1 Å². The number of anilines is 6. The second-order valence-electron chi connectivity index (χ2n) is 17.3. The maximum Gasteiger partial charge on any atom is 0.254 e. The van der Waals surface area contributed by atoms with Crippen molar-refractivity contribution < 1.29 is 0 Å². The summed E-state index contributed by atoms with van der Waals surface area (Å²) < 4.78 is 3.88. The summed E-state index contributed by atoms with van der Waals surface area (Å²) in [5, 5.41) is 7.85. The molecule has 2 aliphatic heterocycles. The van der Waals surface area contributed by atoms with E-state index in [2.05, 4.69) is 211 Å². The van der Waals surface area contributed by atoms with Gasteiger partial charge >= 0.3 is 0 Å². The topological polar surface area (TPSA) is 10.9 Å². The van der Waals surface area contributed by atoms with Crippen molar-refractivity contribution in [2.45, 2.75) is 26.2 Å². The van der Waals surface area contributed by atoms with Gasteiger partial charge in [-0.3, -0.25) is 0 Å². The molecule has 2 aliphatic rings. The third-order valence-corrected chi connectivity index (χ3v) is 14.2. The Morgan fingerprint density at radius 3 is 1.83 bits per heavy atom. The Morgan fingerprint density at radius 1 is 0.458 bits per heavy atom. The lowest BCUT2D eigenvalue weighted by molar-refractivity contribution is 0.591. The molecule has 5 heteroatoms. The van der Waals surface area contributed by atoms with Gasteiger partial charge in [-0.15, -0.1) is 11.3 Å². The van der Waals surface area contributed by atoms with Gasteiger partial charge in [-0.25, -0.2) is 0 Å². The normalized spacial score (nSPS) is 13.6. The summed E-state index contributed by atoms with van der Waals surface area (Å²) in [5.74, 6) is 0. The Labute approximate surface area is 347 Å². The number of benzene rings is 8. The Balaban J connectivity index is 1.17. The molecule has 0 aliphatic carbocycles. The number of nitrogens with zero attached hydrogens (tertiary/aromatic N) is 3. The molecule has 0 saturated heterocycles. The molecule has 11 aromatic rings. The van der Waals surface area contributed by atoms with E-state index in [9.17, 15) is 0 Å². The molecule has 0 bridgehead atoms. The van der Waals surface area contributed by atoms with Crippen LogP contribution in [-0.2, 0) is 5.41 Å². The highest BCUT2D eigenvalue weighted by Crippen LogP contribution is 2.49. The fraction of sp³-hybridized carbons (Fsp3) is 0.0741. The molecule has 3 nitrogen and oxygen atoms in total. The van der Waals surface area contributed by atoms with Crippen LogP contribution in [0.5, 0.6) is 0 Å². The minimum Gasteiger partial charge on any atom is -0.311 e. The second-order valence-corrected chi connectivity index (χ2v) is 18.4.